The molecule has 1 amide bonds. The van der Waals surface area contributed by atoms with Crippen LogP contribution >= 0.6 is 11.3 Å². The highest BCUT2D eigenvalue weighted by atomic mass is 32.1. The second-order valence-electron chi connectivity index (χ2n) is 6.20. The van der Waals surface area contributed by atoms with Gasteiger partial charge in [0.05, 0.1) is 17.6 Å². The zero-order valence-corrected chi connectivity index (χ0v) is 15.5. The van der Waals surface area contributed by atoms with Crippen molar-refractivity contribution in [3.63, 3.8) is 0 Å². The van der Waals surface area contributed by atoms with Crippen LogP contribution in [0, 0.1) is 0 Å². The van der Waals surface area contributed by atoms with Gasteiger partial charge in [-0.3, -0.25) is 9.78 Å². The van der Waals surface area contributed by atoms with E-state index in [4.69, 9.17) is 4.74 Å². The summed E-state index contributed by atoms with van der Waals surface area (Å²) in [4.78, 5) is 30.1. The second-order valence-corrected chi connectivity index (χ2v) is 7.23. The highest BCUT2D eigenvalue weighted by Gasteiger charge is 2.16. The Morgan fingerprint density at radius 1 is 1.19 bits per heavy atom. The van der Waals surface area contributed by atoms with Gasteiger partial charge in [-0.2, -0.15) is 0 Å². The highest BCUT2D eigenvalue weighted by Crippen LogP contribution is 2.23. The Bertz CT molecular complexity index is 920. The third kappa shape index (κ3) is 4.26. The van der Waals surface area contributed by atoms with Crippen LogP contribution in [0.3, 0.4) is 0 Å². The number of rotatable bonds is 6. The molecule has 1 N–H and O–H groups in total. The molecular formula is C20H20N2O3S. The van der Waals surface area contributed by atoms with E-state index in [2.05, 4.69) is 10.3 Å². The number of fused-ring (bicyclic) bond motifs is 1. The quantitative estimate of drug-likeness (QED) is 0.670. The third-order valence-electron chi connectivity index (χ3n) is 3.92. The molecule has 0 atom stereocenters. The van der Waals surface area contributed by atoms with Crippen molar-refractivity contribution in [3.05, 3.63) is 64.0 Å². The minimum absolute atomic E-state index is 0.181. The van der Waals surface area contributed by atoms with Crippen molar-refractivity contribution in [1.82, 2.24) is 10.3 Å². The molecule has 0 aliphatic heterocycles. The van der Waals surface area contributed by atoms with Crippen LogP contribution in [0.4, 0.5) is 0 Å². The molecule has 134 valence electrons. The number of nitrogens with zero attached hydrogens (tertiary/aromatic N) is 1. The standard InChI is InChI=1S/C20H20N2O3S/c1-13(2)18-10-16(15-7-3-4-8-17(15)22-18)20(24)25-12-19(23)21-11-14-6-5-9-26-14/h3-10,13H,11-12H2,1-2H3,(H,21,23). The SMILES string of the molecule is CC(C)c1cc(C(=O)OCC(=O)NCc2cccs2)c2ccccc2n1. The summed E-state index contributed by atoms with van der Waals surface area (Å²) in [5.41, 5.74) is 2.00. The van der Waals surface area contributed by atoms with Crippen molar-refractivity contribution in [3.8, 4) is 0 Å². The van der Waals surface area contributed by atoms with Gasteiger partial charge in [0, 0.05) is 16.0 Å². The number of ether oxygens (including phenoxy) is 1. The molecule has 3 rings (SSSR count). The molecule has 0 radical (unpaired) electrons. The van der Waals surface area contributed by atoms with E-state index in [0.29, 0.717) is 12.1 Å². The second kappa shape index (κ2) is 8.10. The molecule has 1 aromatic carbocycles. The van der Waals surface area contributed by atoms with Gasteiger partial charge in [0.1, 0.15) is 0 Å². The van der Waals surface area contributed by atoms with Crippen molar-refractivity contribution in [2.24, 2.45) is 0 Å². The molecule has 2 aromatic heterocycles. The summed E-state index contributed by atoms with van der Waals surface area (Å²) < 4.78 is 5.23. The third-order valence-corrected chi connectivity index (χ3v) is 4.80. The maximum absolute atomic E-state index is 12.5. The summed E-state index contributed by atoms with van der Waals surface area (Å²) in [6.07, 6.45) is 0. The minimum atomic E-state index is -0.517. The van der Waals surface area contributed by atoms with Crippen molar-refractivity contribution >= 4 is 34.1 Å². The zero-order valence-electron chi connectivity index (χ0n) is 14.7. The molecule has 6 heteroatoms. The smallest absolute Gasteiger partial charge is 0.339 e. The first-order valence-electron chi connectivity index (χ1n) is 8.40. The van der Waals surface area contributed by atoms with E-state index in [9.17, 15) is 9.59 Å². The van der Waals surface area contributed by atoms with E-state index in [-0.39, 0.29) is 18.4 Å². The Balaban J connectivity index is 1.70. The van der Waals surface area contributed by atoms with Crippen molar-refractivity contribution in [2.45, 2.75) is 26.3 Å². The molecule has 5 nitrogen and oxygen atoms in total. The first-order chi connectivity index (χ1) is 12.5. The van der Waals surface area contributed by atoms with Gasteiger partial charge < -0.3 is 10.1 Å². The molecule has 0 unspecified atom stereocenters. The highest BCUT2D eigenvalue weighted by molar-refractivity contribution is 7.09. The van der Waals surface area contributed by atoms with E-state index in [1.54, 1.807) is 17.4 Å². The molecule has 0 aliphatic rings. The van der Waals surface area contributed by atoms with E-state index in [0.717, 1.165) is 21.5 Å². The lowest BCUT2D eigenvalue weighted by atomic mass is 10.0. The van der Waals surface area contributed by atoms with Gasteiger partial charge in [0.2, 0.25) is 0 Å². The number of benzene rings is 1. The molecule has 0 fully saturated rings. The fourth-order valence-electron chi connectivity index (χ4n) is 2.52. The first kappa shape index (κ1) is 18.1. The van der Waals surface area contributed by atoms with Crippen LogP contribution in [0.25, 0.3) is 10.9 Å². The maximum atomic E-state index is 12.5. The van der Waals surface area contributed by atoms with Gasteiger partial charge >= 0.3 is 5.97 Å². The average Bonchev–Trinajstić information content (AvgIpc) is 3.17. The van der Waals surface area contributed by atoms with Gasteiger partial charge in [-0.25, -0.2) is 4.79 Å². The fraction of sp³-hybridized carbons (Fsp3) is 0.250. The Labute approximate surface area is 156 Å². The molecule has 0 saturated carbocycles. The van der Waals surface area contributed by atoms with Gasteiger partial charge in [-0.05, 0) is 29.5 Å². The largest absolute Gasteiger partial charge is 0.452 e. The maximum Gasteiger partial charge on any atom is 0.339 e. The number of thiophene rings is 1. The van der Waals surface area contributed by atoms with Crippen molar-refractivity contribution in [2.75, 3.05) is 6.61 Å². The molecule has 26 heavy (non-hydrogen) atoms. The van der Waals surface area contributed by atoms with E-state index >= 15 is 0 Å². The lowest BCUT2D eigenvalue weighted by Gasteiger charge is -2.11. The summed E-state index contributed by atoms with van der Waals surface area (Å²) in [6.45, 7) is 4.16. The fourth-order valence-corrected chi connectivity index (χ4v) is 3.16. The summed E-state index contributed by atoms with van der Waals surface area (Å²) in [7, 11) is 0. The van der Waals surface area contributed by atoms with Crippen LogP contribution in [0.5, 0.6) is 0 Å². The lowest BCUT2D eigenvalue weighted by Crippen LogP contribution is -2.28. The van der Waals surface area contributed by atoms with Gasteiger partial charge in [-0.15, -0.1) is 11.3 Å². The zero-order chi connectivity index (χ0) is 18.5. The number of hydrogen-bond donors (Lipinski definition) is 1. The van der Waals surface area contributed by atoms with Gasteiger partial charge in [-0.1, -0.05) is 38.1 Å². The molecule has 0 aliphatic carbocycles. The Morgan fingerprint density at radius 3 is 2.73 bits per heavy atom. The topological polar surface area (TPSA) is 68.3 Å². The van der Waals surface area contributed by atoms with Crippen LogP contribution in [-0.4, -0.2) is 23.5 Å². The van der Waals surface area contributed by atoms with Crippen molar-refractivity contribution < 1.29 is 14.3 Å². The number of carbonyl (C=O) groups is 2. The van der Waals surface area contributed by atoms with Crippen LogP contribution < -0.4 is 5.32 Å². The normalized spacial score (nSPS) is 10.9. The molecule has 3 aromatic rings. The monoisotopic (exact) mass is 368 g/mol. The molecule has 0 bridgehead atoms. The Kier molecular flexibility index (Phi) is 5.63. The van der Waals surface area contributed by atoms with Crippen LogP contribution in [0.2, 0.25) is 0 Å². The summed E-state index contributed by atoms with van der Waals surface area (Å²) in [5, 5.41) is 5.41. The van der Waals surface area contributed by atoms with E-state index < -0.39 is 5.97 Å². The number of pyridine rings is 1. The summed E-state index contributed by atoms with van der Waals surface area (Å²) in [5.74, 6) is -0.661. The number of aromatic nitrogens is 1. The average molecular weight is 368 g/mol. The molecule has 0 spiro atoms. The number of carbonyl (C=O) groups excluding carboxylic acids is 2. The molecule has 0 saturated heterocycles. The van der Waals surface area contributed by atoms with Crippen molar-refractivity contribution in [1.29, 1.82) is 0 Å². The summed E-state index contributed by atoms with van der Waals surface area (Å²) >= 11 is 1.56. The predicted octanol–water partition coefficient (Wildman–Crippen LogP) is 3.89. The number of esters is 1. The molecular weight excluding hydrogens is 348 g/mol. The van der Waals surface area contributed by atoms with Crippen LogP contribution in [-0.2, 0) is 16.1 Å². The van der Waals surface area contributed by atoms with Crippen LogP contribution in [0.15, 0.2) is 47.8 Å². The van der Waals surface area contributed by atoms with Gasteiger partial charge in [0.25, 0.3) is 5.91 Å². The van der Waals surface area contributed by atoms with E-state index in [1.807, 2.05) is 55.6 Å². The number of nitrogens with one attached hydrogen (secondary N) is 1. The molecule has 2 heterocycles. The Hall–Kier alpha value is -2.73. The number of hydrogen-bond acceptors (Lipinski definition) is 5. The van der Waals surface area contributed by atoms with Gasteiger partial charge in [0.15, 0.2) is 6.61 Å². The lowest BCUT2D eigenvalue weighted by molar-refractivity contribution is -0.124. The summed E-state index contributed by atoms with van der Waals surface area (Å²) in [6, 6.07) is 13.0. The van der Waals surface area contributed by atoms with Crippen LogP contribution in [0.1, 0.15) is 40.7 Å². The first-order valence-corrected chi connectivity index (χ1v) is 9.28. The number of amides is 1. The predicted molar refractivity (Wildman–Crippen MR) is 102 cm³/mol. The minimum Gasteiger partial charge on any atom is -0.452 e. The number of para-hydroxylation sites is 1. The van der Waals surface area contributed by atoms with E-state index in [1.165, 1.54) is 0 Å². The Morgan fingerprint density at radius 2 is 2.00 bits per heavy atom.